The van der Waals surface area contributed by atoms with Gasteiger partial charge in [0.15, 0.2) is 0 Å². The molecule has 25 heavy (non-hydrogen) atoms. The molecule has 1 fully saturated rings. The molecule has 2 aromatic carbocycles. The number of carbonyl (C=O) groups excluding carboxylic acids is 2. The van der Waals surface area contributed by atoms with E-state index in [0.717, 1.165) is 0 Å². The Morgan fingerprint density at radius 1 is 1.12 bits per heavy atom. The first-order valence-electron chi connectivity index (χ1n) is 7.86. The number of halogens is 2. The summed E-state index contributed by atoms with van der Waals surface area (Å²) in [5, 5.41) is 6.58. The van der Waals surface area contributed by atoms with Gasteiger partial charge in [-0.05, 0) is 42.8 Å². The third-order valence-electron chi connectivity index (χ3n) is 4.07. The third-order valence-corrected chi connectivity index (χ3v) is 4.65. The number of nitrogens with zero attached hydrogens (tertiary/aromatic N) is 1. The maximum atomic E-state index is 12.5. The van der Waals surface area contributed by atoms with Crippen molar-refractivity contribution in [1.82, 2.24) is 5.32 Å². The van der Waals surface area contributed by atoms with Crippen LogP contribution in [0.5, 0.6) is 0 Å². The second kappa shape index (κ2) is 7.33. The molecule has 5 nitrogen and oxygen atoms in total. The number of amides is 3. The minimum atomic E-state index is -0.439. The molecular weight excluding hydrogens is 361 g/mol. The minimum absolute atomic E-state index is 0.0367. The summed E-state index contributed by atoms with van der Waals surface area (Å²) in [7, 11) is 0. The lowest BCUT2D eigenvalue weighted by molar-refractivity contribution is -0.120. The lowest BCUT2D eigenvalue weighted by Gasteiger charge is -2.26. The van der Waals surface area contributed by atoms with Gasteiger partial charge in [-0.2, -0.15) is 0 Å². The van der Waals surface area contributed by atoms with Gasteiger partial charge in [0.05, 0.1) is 10.7 Å². The summed E-state index contributed by atoms with van der Waals surface area (Å²) in [5.74, 6) is -0.216. The maximum absolute atomic E-state index is 12.5. The quantitative estimate of drug-likeness (QED) is 0.825. The van der Waals surface area contributed by atoms with Crippen molar-refractivity contribution in [1.29, 1.82) is 0 Å². The van der Waals surface area contributed by atoms with Crippen molar-refractivity contribution < 1.29 is 9.59 Å². The zero-order valence-electron chi connectivity index (χ0n) is 13.5. The SMILES string of the molecule is C[C@H]1C[C@H](NC(=O)Nc2ccccc2Cl)N(c2ccc(Cl)cc2)C1=O. The van der Waals surface area contributed by atoms with Gasteiger partial charge in [0, 0.05) is 16.6 Å². The zero-order chi connectivity index (χ0) is 18.0. The number of carbonyl (C=O) groups is 2. The number of urea groups is 1. The molecule has 2 N–H and O–H groups in total. The van der Waals surface area contributed by atoms with Crippen LogP contribution < -0.4 is 15.5 Å². The Hall–Kier alpha value is -2.24. The summed E-state index contributed by atoms with van der Waals surface area (Å²) in [4.78, 5) is 26.4. The van der Waals surface area contributed by atoms with Crippen molar-refractivity contribution in [3.05, 3.63) is 58.6 Å². The van der Waals surface area contributed by atoms with Gasteiger partial charge in [-0.3, -0.25) is 9.69 Å². The highest BCUT2D eigenvalue weighted by atomic mass is 35.5. The van der Waals surface area contributed by atoms with Crippen molar-refractivity contribution in [2.24, 2.45) is 5.92 Å². The van der Waals surface area contributed by atoms with Crippen LogP contribution in [0.3, 0.4) is 0 Å². The molecular formula is C18H17Cl2N3O2. The van der Waals surface area contributed by atoms with E-state index in [1.807, 2.05) is 6.92 Å². The lowest BCUT2D eigenvalue weighted by Crippen LogP contribution is -2.47. The van der Waals surface area contributed by atoms with Crippen molar-refractivity contribution >= 4 is 46.5 Å². The first-order chi connectivity index (χ1) is 12.0. The Bertz CT molecular complexity index is 795. The van der Waals surface area contributed by atoms with E-state index in [1.165, 1.54) is 0 Å². The first kappa shape index (κ1) is 17.6. The Balaban J connectivity index is 1.75. The standard InChI is InChI=1S/C18H17Cl2N3O2/c1-11-10-16(22-18(25)21-15-5-3-2-4-14(15)20)23(17(11)24)13-8-6-12(19)7-9-13/h2-9,11,16H,10H2,1H3,(H2,21,22,25)/t11-,16+/m0/s1. The van der Waals surface area contributed by atoms with E-state index in [1.54, 1.807) is 53.4 Å². The Labute approximate surface area is 155 Å². The number of benzene rings is 2. The van der Waals surface area contributed by atoms with E-state index in [-0.39, 0.29) is 11.8 Å². The normalized spacial score (nSPS) is 19.8. The molecule has 1 aliphatic heterocycles. The number of rotatable bonds is 3. The second-order valence-electron chi connectivity index (χ2n) is 5.92. The van der Waals surface area contributed by atoms with E-state index in [0.29, 0.717) is 27.8 Å². The van der Waals surface area contributed by atoms with Crippen LogP contribution in [0, 0.1) is 5.92 Å². The predicted octanol–water partition coefficient (Wildman–Crippen LogP) is 4.51. The topological polar surface area (TPSA) is 61.4 Å². The predicted molar refractivity (Wildman–Crippen MR) is 100 cm³/mol. The van der Waals surface area contributed by atoms with E-state index < -0.39 is 12.2 Å². The van der Waals surface area contributed by atoms with Gasteiger partial charge in [-0.1, -0.05) is 42.3 Å². The highest BCUT2D eigenvalue weighted by Gasteiger charge is 2.38. The van der Waals surface area contributed by atoms with Gasteiger partial charge in [0.1, 0.15) is 6.17 Å². The van der Waals surface area contributed by atoms with E-state index in [9.17, 15) is 9.59 Å². The van der Waals surface area contributed by atoms with Gasteiger partial charge in [-0.25, -0.2) is 4.79 Å². The van der Waals surface area contributed by atoms with Crippen LogP contribution in [0.2, 0.25) is 10.0 Å². The van der Waals surface area contributed by atoms with Crippen LogP contribution in [0.1, 0.15) is 13.3 Å². The second-order valence-corrected chi connectivity index (χ2v) is 6.76. The summed E-state index contributed by atoms with van der Waals surface area (Å²) < 4.78 is 0. The zero-order valence-corrected chi connectivity index (χ0v) is 15.0. The monoisotopic (exact) mass is 377 g/mol. The molecule has 0 saturated carbocycles. The highest BCUT2D eigenvalue weighted by Crippen LogP contribution is 2.30. The molecule has 3 amide bonds. The molecule has 2 aromatic rings. The molecule has 0 radical (unpaired) electrons. The molecule has 0 bridgehead atoms. The number of para-hydroxylation sites is 1. The summed E-state index contributed by atoms with van der Waals surface area (Å²) in [6.45, 7) is 1.85. The fourth-order valence-electron chi connectivity index (χ4n) is 2.84. The van der Waals surface area contributed by atoms with Crippen molar-refractivity contribution in [2.45, 2.75) is 19.5 Å². The average Bonchev–Trinajstić information content (AvgIpc) is 2.85. The maximum Gasteiger partial charge on any atom is 0.320 e. The molecule has 0 spiro atoms. The van der Waals surface area contributed by atoms with Crippen LogP contribution in [0.15, 0.2) is 48.5 Å². The van der Waals surface area contributed by atoms with E-state index >= 15 is 0 Å². The smallest absolute Gasteiger partial charge is 0.317 e. The minimum Gasteiger partial charge on any atom is -0.317 e. The molecule has 1 aliphatic rings. The highest BCUT2D eigenvalue weighted by molar-refractivity contribution is 6.33. The van der Waals surface area contributed by atoms with E-state index in [2.05, 4.69) is 10.6 Å². The van der Waals surface area contributed by atoms with Gasteiger partial charge < -0.3 is 10.6 Å². The first-order valence-corrected chi connectivity index (χ1v) is 8.62. The van der Waals surface area contributed by atoms with Crippen LogP contribution in [0.25, 0.3) is 0 Å². The molecule has 2 atom stereocenters. The molecule has 1 heterocycles. The van der Waals surface area contributed by atoms with Gasteiger partial charge in [0.2, 0.25) is 5.91 Å². The van der Waals surface area contributed by atoms with Crippen LogP contribution in [0.4, 0.5) is 16.2 Å². The number of hydrogen-bond donors (Lipinski definition) is 2. The van der Waals surface area contributed by atoms with E-state index in [4.69, 9.17) is 23.2 Å². The molecule has 3 rings (SSSR count). The average molecular weight is 378 g/mol. The Kier molecular flexibility index (Phi) is 5.16. The lowest BCUT2D eigenvalue weighted by atomic mass is 10.1. The van der Waals surface area contributed by atoms with Crippen molar-refractivity contribution in [3.63, 3.8) is 0 Å². The fraction of sp³-hybridized carbons (Fsp3) is 0.222. The summed E-state index contributed by atoms with van der Waals surface area (Å²) in [6, 6.07) is 13.5. The number of hydrogen-bond acceptors (Lipinski definition) is 2. The van der Waals surface area contributed by atoms with Crippen molar-refractivity contribution in [2.75, 3.05) is 10.2 Å². The summed E-state index contributed by atoms with van der Waals surface area (Å²) in [5.41, 5.74) is 1.21. The molecule has 7 heteroatoms. The Morgan fingerprint density at radius 3 is 2.48 bits per heavy atom. The number of anilines is 2. The van der Waals surface area contributed by atoms with Crippen LogP contribution >= 0.6 is 23.2 Å². The van der Waals surface area contributed by atoms with Gasteiger partial charge >= 0.3 is 6.03 Å². The number of nitrogens with one attached hydrogen (secondary N) is 2. The largest absolute Gasteiger partial charge is 0.320 e. The molecule has 130 valence electrons. The Morgan fingerprint density at radius 2 is 1.80 bits per heavy atom. The summed E-state index contributed by atoms with van der Waals surface area (Å²) in [6.07, 6.45) is 0.0865. The van der Waals surface area contributed by atoms with Crippen LogP contribution in [-0.2, 0) is 4.79 Å². The summed E-state index contributed by atoms with van der Waals surface area (Å²) >= 11 is 12.0. The molecule has 0 unspecified atom stereocenters. The fourth-order valence-corrected chi connectivity index (χ4v) is 3.15. The molecule has 1 saturated heterocycles. The van der Waals surface area contributed by atoms with Gasteiger partial charge in [-0.15, -0.1) is 0 Å². The molecule has 0 aliphatic carbocycles. The van der Waals surface area contributed by atoms with Crippen molar-refractivity contribution in [3.8, 4) is 0 Å². The molecule has 0 aromatic heterocycles. The van der Waals surface area contributed by atoms with Crippen LogP contribution in [-0.4, -0.2) is 18.1 Å². The van der Waals surface area contributed by atoms with Gasteiger partial charge in [0.25, 0.3) is 0 Å². The third kappa shape index (κ3) is 3.89.